The Morgan fingerprint density at radius 2 is 2.08 bits per heavy atom. The first-order chi connectivity index (χ1) is 6.20. The van der Waals surface area contributed by atoms with E-state index in [4.69, 9.17) is 11.5 Å². The Morgan fingerprint density at radius 1 is 1.31 bits per heavy atom. The van der Waals surface area contributed by atoms with Crippen molar-refractivity contribution in [1.29, 1.82) is 0 Å². The standard InChI is InChI=1S/C10H23N3/c1-2-6-13-7-3-4-10(12,9-11)5-8-13/h2-9,11-12H2,1H3. The van der Waals surface area contributed by atoms with E-state index in [0.717, 1.165) is 19.4 Å². The van der Waals surface area contributed by atoms with Crippen LogP contribution in [0, 0.1) is 0 Å². The topological polar surface area (TPSA) is 55.3 Å². The lowest BCUT2D eigenvalue weighted by atomic mass is 9.92. The lowest BCUT2D eigenvalue weighted by molar-refractivity contribution is 0.276. The first-order valence-corrected chi connectivity index (χ1v) is 5.41. The van der Waals surface area contributed by atoms with Crippen molar-refractivity contribution < 1.29 is 0 Å². The van der Waals surface area contributed by atoms with Crippen molar-refractivity contribution in [2.45, 2.75) is 38.1 Å². The van der Waals surface area contributed by atoms with Gasteiger partial charge in [0.2, 0.25) is 0 Å². The summed E-state index contributed by atoms with van der Waals surface area (Å²) in [6, 6.07) is 0. The highest BCUT2D eigenvalue weighted by Crippen LogP contribution is 2.18. The quantitative estimate of drug-likeness (QED) is 0.674. The third kappa shape index (κ3) is 3.25. The van der Waals surface area contributed by atoms with Crippen LogP contribution in [0.1, 0.15) is 32.6 Å². The molecule has 0 aromatic heterocycles. The van der Waals surface area contributed by atoms with Crippen molar-refractivity contribution in [3.05, 3.63) is 0 Å². The van der Waals surface area contributed by atoms with Gasteiger partial charge in [0.25, 0.3) is 0 Å². The fraction of sp³-hybridized carbons (Fsp3) is 1.00. The number of rotatable bonds is 3. The van der Waals surface area contributed by atoms with Crippen molar-refractivity contribution in [3.8, 4) is 0 Å². The van der Waals surface area contributed by atoms with E-state index in [1.165, 1.54) is 25.9 Å². The molecule has 0 radical (unpaired) electrons. The maximum atomic E-state index is 6.17. The van der Waals surface area contributed by atoms with E-state index in [0.29, 0.717) is 6.54 Å². The average molecular weight is 185 g/mol. The second-order valence-corrected chi connectivity index (χ2v) is 4.26. The maximum absolute atomic E-state index is 6.17. The van der Waals surface area contributed by atoms with E-state index in [9.17, 15) is 0 Å². The van der Waals surface area contributed by atoms with Gasteiger partial charge in [-0.05, 0) is 45.3 Å². The molecule has 0 bridgehead atoms. The third-order valence-electron chi connectivity index (χ3n) is 3.02. The van der Waals surface area contributed by atoms with Crippen LogP contribution in [0.2, 0.25) is 0 Å². The average Bonchev–Trinajstić information content (AvgIpc) is 2.31. The van der Waals surface area contributed by atoms with E-state index in [1.54, 1.807) is 0 Å². The summed E-state index contributed by atoms with van der Waals surface area (Å²) in [5.74, 6) is 0. The number of hydrogen-bond donors (Lipinski definition) is 2. The number of hydrogen-bond acceptors (Lipinski definition) is 3. The Kier molecular flexibility index (Phi) is 4.16. The summed E-state index contributed by atoms with van der Waals surface area (Å²) >= 11 is 0. The van der Waals surface area contributed by atoms with Gasteiger partial charge in [0.15, 0.2) is 0 Å². The molecule has 3 heteroatoms. The van der Waals surface area contributed by atoms with E-state index < -0.39 is 0 Å². The van der Waals surface area contributed by atoms with Crippen LogP contribution < -0.4 is 11.5 Å². The highest BCUT2D eigenvalue weighted by atomic mass is 15.1. The van der Waals surface area contributed by atoms with Gasteiger partial charge in [-0.3, -0.25) is 0 Å². The first-order valence-electron chi connectivity index (χ1n) is 5.41. The summed E-state index contributed by atoms with van der Waals surface area (Å²) in [4.78, 5) is 2.50. The van der Waals surface area contributed by atoms with Crippen molar-refractivity contribution >= 4 is 0 Å². The van der Waals surface area contributed by atoms with Gasteiger partial charge in [0.05, 0.1) is 0 Å². The van der Waals surface area contributed by atoms with Crippen LogP contribution in [0.4, 0.5) is 0 Å². The summed E-state index contributed by atoms with van der Waals surface area (Å²) in [5.41, 5.74) is 11.8. The minimum absolute atomic E-state index is 0.0809. The van der Waals surface area contributed by atoms with Crippen LogP contribution in [-0.4, -0.2) is 36.6 Å². The SMILES string of the molecule is CCCN1CCCC(N)(CN)CC1. The zero-order valence-electron chi connectivity index (χ0n) is 8.76. The Morgan fingerprint density at radius 3 is 2.69 bits per heavy atom. The monoisotopic (exact) mass is 185 g/mol. The molecule has 3 nitrogen and oxygen atoms in total. The molecule has 0 aromatic rings. The zero-order valence-corrected chi connectivity index (χ0v) is 8.76. The Labute approximate surface area is 81.5 Å². The molecule has 1 unspecified atom stereocenters. The summed E-state index contributed by atoms with van der Waals surface area (Å²) in [6.45, 7) is 6.39. The molecule has 0 spiro atoms. The van der Waals surface area contributed by atoms with E-state index in [-0.39, 0.29) is 5.54 Å². The predicted octanol–water partition coefficient (Wildman–Crippen LogP) is 0.539. The third-order valence-corrected chi connectivity index (χ3v) is 3.02. The highest BCUT2D eigenvalue weighted by Gasteiger charge is 2.26. The van der Waals surface area contributed by atoms with Crippen molar-refractivity contribution in [2.75, 3.05) is 26.2 Å². The number of nitrogens with two attached hydrogens (primary N) is 2. The van der Waals surface area contributed by atoms with Gasteiger partial charge >= 0.3 is 0 Å². The molecule has 0 aromatic carbocycles. The Hall–Kier alpha value is -0.120. The van der Waals surface area contributed by atoms with Crippen molar-refractivity contribution in [3.63, 3.8) is 0 Å². The van der Waals surface area contributed by atoms with Gasteiger partial charge in [0.1, 0.15) is 0 Å². The fourth-order valence-corrected chi connectivity index (χ4v) is 2.02. The summed E-state index contributed by atoms with van der Waals surface area (Å²) in [5, 5.41) is 0. The molecule has 1 heterocycles. The Balaban J connectivity index is 2.39. The fourth-order valence-electron chi connectivity index (χ4n) is 2.02. The molecule has 4 N–H and O–H groups in total. The van der Waals surface area contributed by atoms with Gasteiger partial charge < -0.3 is 16.4 Å². The predicted molar refractivity (Wildman–Crippen MR) is 56.6 cm³/mol. The molecular formula is C10H23N3. The minimum Gasteiger partial charge on any atom is -0.329 e. The van der Waals surface area contributed by atoms with Crippen LogP contribution in [0.25, 0.3) is 0 Å². The van der Waals surface area contributed by atoms with E-state index in [1.807, 2.05) is 0 Å². The molecule has 1 aliphatic heterocycles. The van der Waals surface area contributed by atoms with E-state index in [2.05, 4.69) is 11.8 Å². The Bertz CT molecular complexity index is 149. The second kappa shape index (κ2) is 4.94. The molecule has 1 rings (SSSR count). The molecule has 78 valence electrons. The van der Waals surface area contributed by atoms with Gasteiger partial charge in [-0.1, -0.05) is 6.92 Å². The van der Waals surface area contributed by atoms with Gasteiger partial charge in [-0.2, -0.15) is 0 Å². The summed E-state index contributed by atoms with van der Waals surface area (Å²) < 4.78 is 0. The van der Waals surface area contributed by atoms with Gasteiger partial charge in [-0.15, -0.1) is 0 Å². The molecule has 0 amide bonds. The van der Waals surface area contributed by atoms with Gasteiger partial charge in [0, 0.05) is 12.1 Å². The van der Waals surface area contributed by atoms with Gasteiger partial charge in [-0.25, -0.2) is 0 Å². The molecule has 1 aliphatic rings. The lowest BCUT2D eigenvalue weighted by Gasteiger charge is -2.26. The van der Waals surface area contributed by atoms with E-state index >= 15 is 0 Å². The molecule has 0 aliphatic carbocycles. The lowest BCUT2D eigenvalue weighted by Crippen LogP contribution is -2.47. The van der Waals surface area contributed by atoms with Crippen molar-refractivity contribution in [1.82, 2.24) is 4.90 Å². The largest absolute Gasteiger partial charge is 0.329 e. The first kappa shape index (κ1) is 11.0. The van der Waals surface area contributed by atoms with Crippen LogP contribution >= 0.6 is 0 Å². The molecule has 13 heavy (non-hydrogen) atoms. The molecule has 1 atom stereocenters. The van der Waals surface area contributed by atoms with Crippen molar-refractivity contribution in [2.24, 2.45) is 11.5 Å². The molecule has 0 saturated carbocycles. The number of likely N-dealkylation sites (tertiary alicyclic amines) is 1. The summed E-state index contributed by atoms with van der Waals surface area (Å²) in [6.07, 6.45) is 4.58. The van der Waals surface area contributed by atoms with Crippen LogP contribution in [0.15, 0.2) is 0 Å². The van der Waals surface area contributed by atoms with Crippen LogP contribution in [0.5, 0.6) is 0 Å². The molecule has 1 fully saturated rings. The maximum Gasteiger partial charge on any atom is 0.0291 e. The second-order valence-electron chi connectivity index (χ2n) is 4.26. The smallest absolute Gasteiger partial charge is 0.0291 e. The molecule has 1 saturated heterocycles. The minimum atomic E-state index is -0.0809. The normalized spacial score (nSPS) is 31.6. The zero-order chi connectivity index (χ0) is 9.73. The molecular weight excluding hydrogens is 162 g/mol. The van der Waals surface area contributed by atoms with Crippen LogP contribution in [0.3, 0.4) is 0 Å². The van der Waals surface area contributed by atoms with Crippen LogP contribution in [-0.2, 0) is 0 Å². The summed E-state index contributed by atoms with van der Waals surface area (Å²) in [7, 11) is 0. The highest BCUT2D eigenvalue weighted by molar-refractivity contribution is 4.88. The number of nitrogens with zero attached hydrogens (tertiary/aromatic N) is 1.